The molecule has 0 aliphatic carbocycles. The fraction of sp³-hybridized carbons (Fsp3) is 0.286. The Labute approximate surface area is 241 Å². The summed E-state index contributed by atoms with van der Waals surface area (Å²) in [6.07, 6.45) is 0. The third kappa shape index (κ3) is 6.13. The molecule has 2 aliphatic heterocycles. The van der Waals surface area contributed by atoms with E-state index in [-0.39, 0.29) is 93.4 Å². The van der Waals surface area contributed by atoms with Crippen molar-refractivity contribution in [3.63, 3.8) is 0 Å². The number of nitrogens with two attached hydrogens (primary N) is 1. The molecule has 0 bridgehead atoms. The summed E-state index contributed by atoms with van der Waals surface area (Å²) < 4.78 is 0. The number of nitrogens with one attached hydrogen (secondary N) is 2. The molecule has 1 aromatic carbocycles. The maximum atomic E-state index is 12.8. The average molecular weight is 557 g/mol. The number of thioether (sulfide) groups is 1. The average Bonchev–Trinajstić information content (AvgIpc) is 3.26. The first-order valence-corrected chi connectivity index (χ1v) is 12.4. The fourth-order valence-electron chi connectivity index (χ4n) is 3.76. The number of carbonyl (C=O) groups is 3. The molecule has 13 nitrogen and oxygen atoms in total. The zero-order valence-corrected chi connectivity index (χ0v) is 23.4. The van der Waals surface area contributed by atoms with E-state index in [0.29, 0.717) is 5.57 Å². The quantitative estimate of drug-likeness (QED) is 0.0913. The van der Waals surface area contributed by atoms with Crippen LogP contribution < -0.4 is 51.0 Å². The van der Waals surface area contributed by atoms with Crippen molar-refractivity contribution in [1.82, 2.24) is 20.5 Å². The number of aromatic hydroxyl groups is 2. The van der Waals surface area contributed by atoms with Crippen LogP contribution in [-0.2, 0) is 14.4 Å². The van der Waals surface area contributed by atoms with Crippen molar-refractivity contribution < 1.29 is 64.1 Å². The monoisotopic (exact) mass is 556 g/mol. The number of oxime groups is 1. The number of fused-ring (bicyclic) bond motifs is 1. The van der Waals surface area contributed by atoms with E-state index >= 15 is 0 Å². The molecule has 190 valence electrons. The Bertz CT molecular complexity index is 1280. The normalized spacial score (nSPS) is 18.7. The Morgan fingerprint density at radius 1 is 1.32 bits per heavy atom. The van der Waals surface area contributed by atoms with Gasteiger partial charge in [-0.15, -0.1) is 23.1 Å². The van der Waals surface area contributed by atoms with Crippen LogP contribution in [0.4, 0.5) is 5.13 Å². The molecule has 1 saturated heterocycles. The number of benzene rings is 1. The number of carboxylic acid groups (broad SMARTS) is 1. The predicted molar refractivity (Wildman–Crippen MR) is 129 cm³/mol. The second kappa shape index (κ2) is 12.0. The van der Waals surface area contributed by atoms with Gasteiger partial charge < -0.3 is 46.2 Å². The number of phenolic OH excluding ortho intramolecular Hbond substituents is 2. The molecule has 0 radical (unpaired) electrons. The first-order valence-electron chi connectivity index (χ1n) is 10.4. The molecule has 1 aromatic heterocycles. The van der Waals surface area contributed by atoms with Gasteiger partial charge in [-0.05, 0) is 23.8 Å². The molecular weight excluding hydrogens is 535 g/mol. The van der Waals surface area contributed by atoms with Gasteiger partial charge in [0.15, 0.2) is 22.3 Å². The van der Waals surface area contributed by atoms with Gasteiger partial charge in [-0.25, -0.2) is 4.98 Å². The Balaban J connectivity index is 0.00000380. The van der Waals surface area contributed by atoms with Crippen LogP contribution in [0.15, 0.2) is 40.0 Å². The van der Waals surface area contributed by atoms with Gasteiger partial charge in [0.2, 0.25) is 0 Å². The number of rotatable bonds is 8. The molecule has 0 saturated carbocycles. The summed E-state index contributed by atoms with van der Waals surface area (Å²) in [5.41, 5.74) is 6.35. The molecule has 3 heterocycles. The first-order chi connectivity index (χ1) is 17.2. The zero-order chi connectivity index (χ0) is 26.0. The Morgan fingerprint density at radius 2 is 2.08 bits per heavy atom. The van der Waals surface area contributed by atoms with Gasteiger partial charge in [0, 0.05) is 29.8 Å². The van der Waals surface area contributed by atoms with Crippen LogP contribution in [0, 0.1) is 0 Å². The van der Waals surface area contributed by atoms with Crippen LogP contribution in [0.2, 0.25) is 0 Å². The van der Waals surface area contributed by atoms with Gasteiger partial charge in [-0.3, -0.25) is 9.59 Å². The van der Waals surface area contributed by atoms with E-state index in [1.165, 1.54) is 31.0 Å². The van der Waals surface area contributed by atoms with Crippen molar-refractivity contribution in [3.8, 4) is 11.5 Å². The molecule has 2 aromatic rings. The largest absolute Gasteiger partial charge is 1.00 e. The first kappa shape index (κ1) is 28.6. The van der Waals surface area contributed by atoms with Gasteiger partial charge in [-0.1, -0.05) is 5.16 Å². The Morgan fingerprint density at radius 3 is 2.70 bits per heavy atom. The van der Waals surface area contributed by atoms with Crippen molar-refractivity contribution >= 4 is 51.7 Å². The molecule has 4 rings (SSSR count). The van der Waals surface area contributed by atoms with Gasteiger partial charge in [0.25, 0.3) is 11.8 Å². The predicted octanol–water partition coefficient (Wildman–Crippen LogP) is -4.20. The van der Waals surface area contributed by atoms with E-state index < -0.39 is 23.5 Å². The van der Waals surface area contributed by atoms with Crippen LogP contribution in [0.25, 0.3) is 0 Å². The molecule has 1 fully saturated rings. The number of carboxylic acids is 1. The summed E-state index contributed by atoms with van der Waals surface area (Å²) in [6.45, 7) is 0.141. The SMILES string of the molecule is CON=C(C(=O)NC1CN2C(C(=O)[O-])=C(CNC(=O)c3ccc(O)c(O)c3)CSC12)c1csc(N)n1.[Na+]. The standard InChI is InChI=1S/C21H22N6O7S2.Na/c1-34-26-15(12-8-36-21(22)25-12)18(31)24-11-6-27-16(20(32)33)10(7-35-19(11)27)5-23-17(30)9-2-3-13(28)14(29)4-9;/h2-4,8,11,19,28-29H,5-7H2,1H3,(H2,22,25)(H,23,30)(H,24,31)(H,32,33);/q;+1/p-1. The van der Waals surface area contributed by atoms with Crippen LogP contribution in [-0.4, -0.2) is 81.0 Å². The van der Waals surface area contributed by atoms with Crippen molar-refractivity contribution in [2.45, 2.75) is 11.4 Å². The Kier molecular flexibility index (Phi) is 9.31. The van der Waals surface area contributed by atoms with E-state index in [9.17, 15) is 29.7 Å². The smallest absolute Gasteiger partial charge is 0.543 e. The van der Waals surface area contributed by atoms with Crippen LogP contribution >= 0.6 is 23.1 Å². The second-order valence-electron chi connectivity index (χ2n) is 7.75. The number of carbonyl (C=O) groups excluding carboxylic acids is 3. The fourth-order valence-corrected chi connectivity index (χ4v) is 5.68. The third-order valence-corrected chi connectivity index (χ3v) is 7.58. The van der Waals surface area contributed by atoms with E-state index in [4.69, 9.17) is 10.6 Å². The topological polar surface area (TPSA) is 203 Å². The zero-order valence-electron chi connectivity index (χ0n) is 19.8. The molecule has 37 heavy (non-hydrogen) atoms. The van der Waals surface area contributed by atoms with Gasteiger partial charge in [-0.2, -0.15) is 0 Å². The number of aliphatic carboxylic acids is 1. The third-order valence-electron chi connectivity index (χ3n) is 5.47. The Hall–Kier alpha value is -2.98. The van der Waals surface area contributed by atoms with Crippen molar-refractivity contribution in [1.29, 1.82) is 0 Å². The molecule has 0 spiro atoms. The maximum absolute atomic E-state index is 12.8. The van der Waals surface area contributed by atoms with Crippen LogP contribution in [0.5, 0.6) is 11.5 Å². The van der Waals surface area contributed by atoms with E-state index in [2.05, 4.69) is 20.8 Å². The summed E-state index contributed by atoms with van der Waals surface area (Å²) in [5.74, 6) is -3.01. The summed E-state index contributed by atoms with van der Waals surface area (Å²) in [6, 6.07) is 3.23. The summed E-state index contributed by atoms with van der Waals surface area (Å²) >= 11 is 2.55. The minimum Gasteiger partial charge on any atom is -0.543 e. The molecule has 2 amide bonds. The number of aromatic nitrogens is 1. The summed E-state index contributed by atoms with van der Waals surface area (Å²) in [5, 5.41) is 41.6. The van der Waals surface area contributed by atoms with Crippen LogP contribution in [0.3, 0.4) is 0 Å². The number of nitrogen functional groups attached to an aromatic ring is 1. The number of phenols is 2. The van der Waals surface area contributed by atoms with E-state index in [1.807, 2.05) is 0 Å². The maximum Gasteiger partial charge on any atom is 1.00 e. The molecule has 2 unspecified atom stereocenters. The molecule has 6 N–H and O–H groups in total. The minimum absolute atomic E-state index is 0. The molecular formula is C21H21N6NaO7S2. The number of hydrogen-bond acceptors (Lipinski definition) is 13. The van der Waals surface area contributed by atoms with Gasteiger partial charge in [0.1, 0.15) is 12.8 Å². The second-order valence-corrected chi connectivity index (χ2v) is 9.75. The van der Waals surface area contributed by atoms with Crippen molar-refractivity contribution in [2.24, 2.45) is 5.16 Å². The van der Waals surface area contributed by atoms with Crippen molar-refractivity contribution in [2.75, 3.05) is 31.7 Å². The molecule has 16 heteroatoms. The van der Waals surface area contributed by atoms with E-state index in [1.54, 1.807) is 10.3 Å². The number of anilines is 1. The van der Waals surface area contributed by atoms with Gasteiger partial charge in [0.05, 0.1) is 23.1 Å². The van der Waals surface area contributed by atoms with Crippen molar-refractivity contribution in [3.05, 3.63) is 46.1 Å². The number of hydrogen-bond donors (Lipinski definition) is 5. The van der Waals surface area contributed by atoms with Gasteiger partial charge >= 0.3 is 29.6 Å². The van der Waals surface area contributed by atoms with E-state index in [0.717, 1.165) is 17.4 Å². The summed E-state index contributed by atoms with van der Waals surface area (Å²) in [4.78, 5) is 47.5. The number of nitrogens with zero attached hydrogens (tertiary/aromatic N) is 3. The number of thiazole rings is 1. The molecule has 2 aliphatic rings. The molecule has 2 atom stereocenters. The summed E-state index contributed by atoms with van der Waals surface area (Å²) in [7, 11) is 1.30. The van der Waals surface area contributed by atoms with Crippen LogP contribution in [0.1, 0.15) is 16.1 Å². The number of amides is 2. The minimum atomic E-state index is -1.39.